The van der Waals surface area contributed by atoms with Crippen molar-refractivity contribution in [3.8, 4) is 5.75 Å². The van der Waals surface area contributed by atoms with Crippen LogP contribution in [0.2, 0.25) is 0 Å². The highest BCUT2D eigenvalue weighted by molar-refractivity contribution is 7.89. The van der Waals surface area contributed by atoms with Crippen LogP contribution in [0.1, 0.15) is 12.8 Å². The van der Waals surface area contributed by atoms with Crippen molar-refractivity contribution in [2.45, 2.75) is 17.7 Å². The van der Waals surface area contributed by atoms with E-state index in [1.165, 1.54) is 12.1 Å². The summed E-state index contributed by atoms with van der Waals surface area (Å²) in [5, 5.41) is 3.16. The predicted octanol–water partition coefficient (Wildman–Crippen LogP) is 1.44. The quantitative estimate of drug-likeness (QED) is 0.711. The second kappa shape index (κ2) is 8.27. The van der Waals surface area contributed by atoms with Crippen molar-refractivity contribution in [1.82, 2.24) is 10.0 Å². The molecule has 0 aromatic heterocycles. The van der Waals surface area contributed by atoms with Gasteiger partial charge in [-0.05, 0) is 37.6 Å². The standard InChI is InChI=1S/C17H23FN2O4S/c18-16-9-15(1-2-17(16)24-12-14-5-8-23-11-14)25(21,22)20-10-13-3-6-19-7-4-13/h1-3,9,14,19-20H,4-8,10-12H2. The minimum Gasteiger partial charge on any atom is -0.490 e. The molecule has 25 heavy (non-hydrogen) atoms. The minimum atomic E-state index is -3.76. The number of hydrogen-bond acceptors (Lipinski definition) is 5. The molecule has 2 aliphatic rings. The smallest absolute Gasteiger partial charge is 0.240 e. The Morgan fingerprint density at radius 2 is 2.28 bits per heavy atom. The predicted molar refractivity (Wildman–Crippen MR) is 91.6 cm³/mol. The summed E-state index contributed by atoms with van der Waals surface area (Å²) in [5.74, 6) is -0.363. The molecule has 0 saturated carbocycles. The van der Waals surface area contributed by atoms with E-state index in [9.17, 15) is 12.8 Å². The number of nitrogens with one attached hydrogen (secondary N) is 2. The van der Waals surface area contributed by atoms with Gasteiger partial charge in [-0.1, -0.05) is 11.6 Å². The van der Waals surface area contributed by atoms with E-state index in [0.717, 1.165) is 37.6 Å². The summed E-state index contributed by atoms with van der Waals surface area (Å²) in [6.45, 7) is 3.49. The molecule has 8 heteroatoms. The number of hydrogen-bond donors (Lipinski definition) is 2. The lowest BCUT2D eigenvalue weighted by molar-refractivity contribution is 0.165. The van der Waals surface area contributed by atoms with Gasteiger partial charge < -0.3 is 14.8 Å². The van der Waals surface area contributed by atoms with Crippen molar-refractivity contribution < 1.29 is 22.3 Å². The lowest BCUT2D eigenvalue weighted by Gasteiger charge is -2.15. The van der Waals surface area contributed by atoms with Crippen LogP contribution in [0.5, 0.6) is 5.75 Å². The van der Waals surface area contributed by atoms with Gasteiger partial charge >= 0.3 is 0 Å². The number of ether oxygens (including phenoxy) is 2. The van der Waals surface area contributed by atoms with Crippen molar-refractivity contribution in [3.63, 3.8) is 0 Å². The van der Waals surface area contributed by atoms with Crippen molar-refractivity contribution in [2.24, 2.45) is 5.92 Å². The molecule has 2 N–H and O–H groups in total. The zero-order valence-corrected chi connectivity index (χ0v) is 14.8. The van der Waals surface area contributed by atoms with Gasteiger partial charge in [-0.25, -0.2) is 17.5 Å². The van der Waals surface area contributed by atoms with Crippen molar-refractivity contribution in [1.29, 1.82) is 0 Å². The Kier molecular flexibility index (Phi) is 6.06. The maximum atomic E-state index is 14.2. The fourth-order valence-corrected chi connectivity index (χ4v) is 3.84. The molecule has 0 spiro atoms. The molecule has 1 saturated heterocycles. The molecule has 2 aliphatic heterocycles. The van der Waals surface area contributed by atoms with Crippen LogP contribution in [0.15, 0.2) is 34.7 Å². The molecular weight excluding hydrogens is 347 g/mol. The summed E-state index contributed by atoms with van der Waals surface area (Å²) in [5.41, 5.74) is 1.03. The SMILES string of the molecule is O=S(=O)(NCC1=CCNCC1)c1ccc(OCC2CCOC2)c(F)c1. The first kappa shape index (κ1) is 18.3. The third-order valence-electron chi connectivity index (χ3n) is 4.36. The topological polar surface area (TPSA) is 76.7 Å². The highest BCUT2D eigenvalue weighted by atomic mass is 32.2. The van der Waals surface area contributed by atoms with Gasteiger partial charge in [0.1, 0.15) is 0 Å². The van der Waals surface area contributed by atoms with Gasteiger partial charge in [-0.15, -0.1) is 0 Å². The van der Waals surface area contributed by atoms with Gasteiger partial charge in [-0.2, -0.15) is 0 Å². The summed E-state index contributed by atoms with van der Waals surface area (Å²) in [7, 11) is -3.76. The monoisotopic (exact) mass is 370 g/mol. The average Bonchev–Trinajstić information content (AvgIpc) is 3.13. The first-order valence-electron chi connectivity index (χ1n) is 8.43. The Bertz CT molecular complexity index is 730. The van der Waals surface area contributed by atoms with Crippen LogP contribution in [0, 0.1) is 11.7 Å². The highest BCUT2D eigenvalue weighted by Gasteiger charge is 2.20. The molecule has 6 nitrogen and oxygen atoms in total. The highest BCUT2D eigenvalue weighted by Crippen LogP contribution is 2.23. The molecule has 138 valence electrons. The zero-order valence-electron chi connectivity index (χ0n) is 14.0. The molecule has 0 amide bonds. The Morgan fingerprint density at radius 1 is 1.40 bits per heavy atom. The van der Waals surface area contributed by atoms with Crippen molar-refractivity contribution in [2.75, 3.05) is 39.5 Å². The molecule has 1 aromatic carbocycles. The van der Waals surface area contributed by atoms with Crippen LogP contribution in [-0.2, 0) is 14.8 Å². The Labute approximate surface area is 147 Å². The molecular formula is C17H23FN2O4S. The van der Waals surface area contributed by atoms with Gasteiger partial charge in [0.2, 0.25) is 10.0 Å². The molecule has 1 aromatic rings. The maximum Gasteiger partial charge on any atom is 0.240 e. The molecule has 1 fully saturated rings. The molecule has 1 atom stereocenters. The lowest BCUT2D eigenvalue weighted by atomic mass is 10.1. The van der Waals surface area contributed by atoms with Gasteiger partial charge in [-0.3, -0.25) is 0 Å². The first-order chi connectivity index (χ1) is 12.0. The van der Waals surface area contributed by atoms with Gasteiger partial charge in [0, 0.05) is 25.6 Å². The summed E-state index contributed by atoms with van der Waals surface area (Å²) in [6.07, 6.45) is 3.66. The molecule has 1 unspecified atom stereocenters. The summed E-state index contributed by atoms with van der Waals surface area (Å²) in [4.78, 5) is -0.101. The molecule has 2 heterocycles. The lowest BCUT2D eigenvalue weighted by Crippen LogP contribution is -2.29. The fraction of sp³-hybridized carbons (Fsp3) is 0.529. The summed E-state index contributed by atoms with van der Waals surface area (Å²) >= 11 is 0. The maximum absolute atomic E-state index is 14.2. The number of benzene rings is 1. The second-order valence-corrected chi connectivity index (χ2v) is 8.04. The van der Waals surface area contributed by atoms with E-state index in [0.29, 0.717) is 19.8 Å². The van der Waals surface area contributed by atoms with E-state index in [1.54, 1.807) is 0 Å². The van der Waals surface area contributed by atoms with E-state index in [4.69, 9.17) is 9.47 Å². The minimum absolute atomic E-state index is 0.0620. The van der Waals surface area contributed by atoms with Crippen LogP contribution in [0.3, 0.4) is 0 Å². The Balaban J connectivity index is 1.60. The number of sulfonamides is 1. The normalized spacial score (nSPS) is 21.2. The van der Waals surface area contributed by atoms with E-state index < -0.39 is 15.8 Å². The van der Waals surface area contributed by atoms with E-state index >= 15 is 0 Å². The molecule has 3 rings (SSSR count). The summed E-state index contributed by atoms with van der Waals surface area (Å²) < 4.78 is 52.1. The van der Waals surface area contributed by atoms with Crippen LogP contribution >= 0.6 is 0 Å². The molecule has 0 radical (unpaired) electrons. The van der Waals surface area contributed by atoms with Gasteiger partial charge in [0.25, 0.3) is 0 Å². The van der Waals surface area contributed by atoms with E-state index in [-0.39, 0.29) is 23.1 Å². The van der Waals surface area contributed by atoms with Gasteiger partial charge in [0.05, 0.1) is 18.1 Å². The van der Waals surface area contributed by atoms with Crippen LogP contribution in [0.4, 0.5) is 4.39 Å². The van der Waals surface area contributed by atoms with Crippen LogP contribution in [-0.4, -0.2) is 47.9 Å². The first-order valence-corrected chi connectivity index (χ1v) is 9.91. The van der Waals surface area contributed by atoms with Crippen molar-refractivity contribution >= 4 is 10.0 Å². The summed E-state index contributed by atoms with van der Waals surface area (Å²) in [6, 6.07) is 3.73. The van der Waals surface area contributed by atoms with Crippen molar-refractivity contribution in [3.05, 3.63) is 35.7 Å². The molecule has 0 bridgehead atoms. The largest absolute Gasteiger partial charge is 0.490 e. The van der Waals surface area contributed by atoms with Crippen LogP contribution < -0.4 is 14.8 Å². The fourth-order valence-electron chi connectivity index (χ4n) is 2.79. The molecule has 0 aliphatic carbocycles. The third-order valence-corrected chi connectivity index (χ3v) is 5.76. The Hall–Kier alpha value is -1.48. The van der Waals surface area contributed by atoms with Crippen LogP contribution in [0.25, 0.3) is 0 Å². The van der Waals surface area contributed by atoms with Gasteiger partial charge in [0.15, 0.2) is 11.6 Å². The Morgan fingerprint density at radius 3 is 2.96 bits per heavy atom. The zero-order chi connectivity index (χ0) is 17.7. The second-order valence-electron chi connectivity index (χ2n) is 6.27. The number of halogens is 1. The van der Waals surface area contributed by atoms with E-state index in [2.05, 4.69) is 10.0 Å². The third kappa shape index (κ3) is 5.01. The van der Waals surface area contributed by atoms with E-state index in [1.807, 2.05) is 6.08 Å². The number of rotatable bonds is 7. The average molecular weight is 370 g/mol.